The van der Waals surface area contributed by atoms with Crippen LogP contribution in [-0.4, -0.2) is 69.2 Å². The number of carbonyl (C=O) groups is 1. The summed E-state index contributed by atoms with van der Waals surface area (Å²) >= 11 is 0. The van der Waals surface area contributed by atoms with Gasteiger partial charge in [-0.05, 0) is 31.1 Å². The molecule has 6 heteroatoms. The Morgan fingerprint density at radius 2 is 2.12 bits per heavy atom. The van der Waals surface area contributed by atoms with Gasteiger partial charge in [-0.15, -0.1) is 0 Å². The van der Waals surface area contributed by atoms with Gasteiger partial charge in [-0.2, -0.15) is 0 Å². The van der Waals surface area contributed by atoms with E-state index >= 15 is 0 Å². The highest BCUT2D eigenvalue weighted by atomic mass is 16.3. The lowest BCUT2D eigenvalue weighted by Gasteiger charge is -2.43. The molecule has 1 saturated carbocycles. The molecule has 1 N–H and O–H groups in total. The molecule has 132 valence electrons. The Labute approximate surface area is 143 Å². The lowest BCUT2D eigenvalue weighted by molar-refractivity contribution is 0.0375. The van der Waals surface area contributed by atoms with Gasteiger partial charge in [-0.3, -0.25) is 9.69 Å². The van der Waals surface area contributed by atoms with Gasteiger partial charge in [-0.1, -0.05) is 6.42 Å². The van der Waals surface area contributed by atoms with Gasteiger partial charge < -0.3 is 14.6 Å². The third kappa shape index (κ3) is 2.56. The summed E-state index contributed by atoms with van der Waals surface area (Å²) in [6.07, 6.45) is 9.47. The van der Waals surface area contributed by atoms with E-state index in [1.807, 2.05) is 18.1 Å². The van der Waals surface area contributed by atoms with E-state index in [0.717, 1.165) is 45.1 Å². The number of aliphatic hydroxyl groups excluding tert-OH is 1. The summed E-state index contributed by atoms with van der Waals surface area (Å²) in [7, 11) is 1.86. The summed E-state index contributed by atoms with van der Waals surface area (Å²) in [5.41, 5.74) is 0.197. The van der Waals surface area contributed by atoms with Crippen LogP contribution in [0.25, 0.3) is 0 Å². The Bertz CT molecular complexity index is 602. The Kier molecular flexibility index (Phi) is 4.12. The van der Waals surface area contributed by atoms with Crippen LogP contribution < -0.4 is 0 Å². The van der Waals surface area contributed by atoms with Crippen LogP contribution in [0.3, 0.4) is 0 Å². The van der Waals surface area contributed by atoms with Gasteiger partial charge in [-0.25, -0.2) is 4.98 Å². The van der Waals surface area contributed by atoms with Gasteiger partial charge in [0, 0.05) is 64.2 Å². The second-order valence-corrected chi connectivity index (χ2v) is 7.91. The Morgan fingerprint density at radius 1 is 1.38 bits per heavy atom. The minimum Gasteiger partial charge on any atom is -0.396 e. The number of hydrogen-bond donors (Lipinski definition) is 1. The van der Waals surface area contributed by atoms with E-state index in [1.54, 1.807) is 10.8 Å². The Hall–Kier alpha value is -1.40. The fraction of sp³-hybridized carbons (Fsp3) is 0.778. The normalized spacial score (nSPS) is 27.6. The number of likely N-dealkylation sites (tertiary alicyclic amines) is 2. The van der Waals surface area contributed by atoms with Crippen molar-refractivity contribution in [3.63, 3.8) is 0 Å². The molecule has 4 rings (SSSR count). The summed E-state index contributed by atoms with van der Waals surface area (Å²) in [5, 5.41) is 9.91. The number of imidazole rings is 1. The lowest BCUT2D eigenvalue weighted by atomic mass is 9.71. The van der Waals surface area contributed by atoms with Gasteiger partial charge >= 0.3 is 0 Å². The summed E-state index contributed by atoms with van der Waals surface area (Å²) in [5.74, 6) is 0.919. The first-order valence-electron chi connectivity index (χ1n) is 9.24. The van der Waals surface area contributed by atoms with Crippen molar-refractivity contribution >= 4 is 5.91 Å². The molecule has 0 bridgehead atoms. The number of aromatic nitrogens is 2. The Morgan fingerprint density at radius 3 is 2.67 bits per heavy atom. The molecule has 1 aromatic rings. The van der Waals surface area contributed by atoms with E-state index in [9.17, 15) is 9.90 Å². The van der Waals surface area contributed by atoms with Crippen LogP contribution in [0.1, 0.15) is 42.7 Å². The maximum Gasteiger partial charge on any atom is 0.289 e. The molecule has 1 aliphatic carbocycles. The first-order valence-corrected chi connectivity index (χ1v) is 9.24. The maximum absolute atomic E-state index is 12.6. The van der Waals surface area contributed by atoms with Crippen LogP contribution in [-0.2, 0) is 7.05 Å². The fourth-order valence-electron chi connectivity index (χ4n) is 4.79. The number of aliphatic hydroxyl groups is 1. The molecule has 3 fully saturated rings. The quantitative estimate of drug-likeness (QED) is 0.901. The second kappa shape index (κ2) is 6.15. The average Bonchev–Trinajstić information content (AvgIpc) is 3.10. The largest absolute Gasteiger partial charge is 0.396 e. The smallest absolute Gasteiger partial charge is 0.289 e. The number of carbonyl (C=O) groups excluding carboxylic acids is 1. The van der Waals surface area contributed by atoms with Crippen LogP contribution in [0.4, 0.5) is 0 Å². The molecule has 6 nitrogen and oxygen atoms in total. The van der Waals surface area contributed by atoms with E-state index in [0.29, 0.717) is 11.7 Å². The highest BCUT2D eigenvalue weighted by Crippen LogP contribution is 2.46. The van der Waals surface area contributed by atoms with E-state index in [-0.39, 0.29) is 17.9 Å². The number of piperidine rings is 1. The third-order valence-corrected chi connectivity index (χ3v) is 6.71. The molecule has 1 aromatic heterocycles. The van der Waals surface area contributed by atoms with Crippen LogP contribution in [0, 0.1) is 11.3 Å². The number of aryl methyl sites for hydroxylation is 1. The molecule has 3 aliphatic rings. The molecule has 1 amide bonds. The summed E-state index contributed by atoms with van der Waals surface area (Å²) in [4.78, 5) is 21.4. The van der Waals surface area contributed by atoms with E-state index in [2.05, 4.69) is 9.88 Å². The molecular formula is C18H28N4O2. The van der Waals surface area contributed by atoms with E-state index in [1.165, 1.54) is 19.3 Å². The van der Waals surface area contributed by atoms with Crippen molar-refractivity contribution in [2.75, 3.05) is 32.8 Å². The van der Waals surface area contributed by atoms with E-state index in [4.69, 9.17) is 0 Å². The minimum absolute atomic E-state index is 0.0340. The summed E-state index contributed by atoms with van der Waals surface area (Å²) < 4.78 is 1.79. The van der Waals surface area contributed by atoms with Gasteiger partial charge in [0.2, 0.25) is 0 Å². The molecule has 3 heterocycles. The van der Waals surface area contributed by atoms with Gasteiger partial charge in [0.15, 0.2) is 5.82 Å². The van der Waals surface area contributed by atoms with Crippen molar-refractivity contribution in [2.24, 2.45) is 18.4 Å². The first-order chi connectivity index (χ1) is 11.6. The van der Waals surface area contributed by atoms with Crippen LogP contribution >= 0.6 is 0 Å². The molecule has 1 atom stereocenters. The highest BCUT2D eigenvalue weighted by Gasteiger charge is 2.50. The zero-order chi connectivity index (χ0) is 16.7. The molecule has 0 radical (unpaired) electrons. The predicted octanol–water partition coefficient (Wildman–Crippen LogP) is 1.12. The molecule has 1 unspecified atom stereocenters. The van der Waals surface area contributed by atoms with Crippen LogP contribution in [0.2, 0.25) is 0 Å². The SMILES string of the molecule is Cn1ccnc1C(=O)N1CCC2(CC1)CN(C1CCC1)CC2CO. The molecule has 2 saturated heterocycles. The average molecular weight is 332 g/mol. The summed E-state index contributed by atoms with van der Waals surface area (Å²) in [6, 6.07) is 0.741. The van der Waals surface area contributed by atoms with E-state index < -0.39 is 0 Å². The van der Waals surface area contributed by atoms with Crippen molar-refractivity contribution in [3.8, 4) is 0 Å². The van der Waals surface area contributed by atoms with Gasteiger partial charge in [0.25, 0.3) is 5.91 Å². The second-order valence-electron chi connectivity index (χ2n) is 7.91. The molecule has 24 heavy (non-hydrogen) atoms. The fourth-order valence-corrected chi connectivity index (χ4v) is 4.79. The molecule has 1 spiro atoms. The number of rotatable bonds is 3. The number of amides is 1. The van der Waals surface area contributed by atoms with Crippen molar-refractivity contribution in [3.05, 3.63) is 18.2 Å². The minimum atomic E-state index is 0.0340. The summed E-state index contributed by atoms with van der Waals surface area (Å²) in [6.45, 7) is 3.97. The maximum atomic E-state index is 12.6. The van der Waals surface area contributed by atoms with Crippen LogP contribution in [0.5, 0.6) is 0 Å². The van der Waals surface area contributed by atoms with Crippen molar-refractivity contribution in [2.45, 2.75) is 38.1 Å². The third-order valence-electron chi connectivity index (χ3n) is 6.71. The zero-order valence-electron chi connectivity index (χ0n) is 14.5. The zero-order valence-corrected chi connectivity index (χ0v) is 14.5. The van der Waals surface area contributed by atoms with Gasteiger partial charge in [0.1, 0.15) is 0 Å². The predicted molar refractivity (Wildman–Crippen MR) is 90.6 cm³/mol. The van der Waals surface area contributed by atoms with Gasteiger partial charge in [0.05, 0.1) is 0 Å². The molecular weight excluding hydrogens is 304 g/mol. The molecule has 2 aliphatic heterocycles. The topological polar surface area (TPSA) is 61.6 Å². The number of hydrogen-bond acceptors (Lipinski definition) is 4. The van der Waals surface area contributed by atoms with Crippen molar-refractivity contribution in [1.82, 2.24) is 19.4 Å². The lowest BCUT2D eigenvalue weighted by Crippen LogP contribution is -2.48. The van der Waals surface area contributed by atoms with Crippen molar-refractivity contribution in [1.29, 1.82) is 0 Å². The first kappa shape index (κ1) is 16.1. The highest BCUT2D eigenvalue weighted by molar-refractivity contribution is 5.90. The number of nitrogens with zero attached hydrogens (tertiary/aromatic N) is 4. The molecule has 0 aromatic carbocycles. The Balaban J connectivity index is 1.43. The monoisotopic (exact) mass is 332 g/mol. The van der Waals surface area contributed by atoms with Crippen LogP contribution in [0.15, 0.2) is 12.4 Å². The van der Waals surface area contributed by atoms with Crippen molar-refractivity contribution < 1.29 is 9.90 Å². The standard InChI is InChI=1S/C18H28N4O2/c1-20-10-7-19-16(20)17(24)21-8-5-18(6-9-21)13-22(11-14(18)12-23)15-3-2-4-15/h7,10,14-15,23H,2-6,8-9,11-13H2,1H3.